The Balaban J connectivity index is 1.77. The fourth-order valence-electron chi connectivity index (χ4n) is 3.74. The topological polar surface area (TPSA) is 86.9 Å². The molecule has 1 aromatic carbocycles. The van der Waals surface area contributed by atoms with Gasteiger partial charge in [0, 0.05) is 18.8 Å². The number of thiocarbonyl (C=S) groups is 1. The Bertz CT molecular complexity index is 1340. The number of nitrogens with zero attached hydrogens (tertiary/aromatic N) is 3. The number of aliphatic hydroxyl groups is 1. The van der Waals surface area contributed by atoms with Crippen molar-refractivity contribution in [2.75, 3.05) is 11.9 Å². The summed E-state index contributed by atoms with van der Waals surface area (Å²) in [5.74, 6) is 0.0939. The molecule has 1 aliphatic heterocycles. The van der Waals surface area contributed by atoms with Gasteiger partial charge in [0.05, 0.1) is 16.6 Å². The maximum absolute atomic E-state index is 13.5. The SMILES string of the molecule is CC[C@H](C)N1C(=O)/C(=C/c2c(NC[C@H](O)c3ccccc3)nc3c(C)cccn3c2=O)SC1=S. The van der Waals surface area contributed by atoms with Crippen molar-refractivity contribution in [3.8, 4) is 0 Å². The standard InChI is InChI=1S/C25H26N4O3S2/c1-4-16(3)29-24(32)20(34-25(29)33)13-18-21(26-14-19(30)17-10-6-5-7-11-17)27-22-15(2)9-8-12-28(22)23(18)31/h5-13,16,19,26,30H,4,14H2,1-3H3/b20-13-/t16-,19-/m0/s1. The summed E-state index contributed by atoms with van der Waals surface area (Å²) in [7, 11) is 0. The third kappa shape index (κ3) is 4.64. The lowest BCUT2D eigenvalue weighted by molar-refractivity contribution is -0.123. The second kappa shape index (κ2) is 10.1. The molecule has 3 heterocycles. The number of aliphatic hydroxyl groups excluding tert-OH is 1. The molecule has 3 aromatic rings. The van der Waals surface area contributed by atoms with Gasteiger partial charge in [0.2, 0.25) is 0 Å². The zero-order valence-electron chi connectivity index (χ0n) is 19.2. The molecule has 2 aromatic heterocycles. The van der Waals surface area contributed by atoms with Crippen molar-refractivity contribution < 1.29 is 9.90 Å². The summed E-state index contributed by atoms with van der Waals surface area (Å²) < 4.78 is 1.94. The van der Waals surface area contributed by atoms with Crippen LogP contribution in [-0.4, -0.2) is 42.2 Å². The Labute approximate surface area is 207 Å². The van der Waals surface area contributed by atoms with Crippen LogP contribution in [0.25, 0.3) is 11.7 Å². The van der Waals surface area contributed by atoms with E-state index in [-0.39, 0.29) is 29.6 Å². The first kappa shape index (κ1) is 24.1. The lowest BCUT2D eigenvalue weighted by atomic mass is 10.1. The van der Waals surface area contributed by atoms with Crippen LogP contribution in [0, 0.1) is 6.92 Å². The van der Waals surface area contributed by atoms with Crippen molar-refractivity contribution in [2.45, 2.75) is 39.3 Å². The quantitative estimate of drug-likeness (QED) is 0.377. The van der Waals surface area contributed by atoms with E-state index in [1.165, 1.54) is 16.2 Å². The number of pyridine rings is 1. The number of hydrogen-bond donors (Lipinski definition) is 2. The number of anilines is 1. The van der Waals surface area contributed by atoms with E-state index in [2.05, 4.69) is 10.3 Å². The number of thioether (sulfide) groups is 1. The molecule has 0 bridgehead atoms. The van der Waals surface area contributed by atoms with Gasteiger partial charge in [0.1, 0.15) is 15.8 Å². The fraction of sp³-hybridized carbons (Fsp3) is 0.280. The van der Waals surface area contributed by atoms with Gasteiger partial charge in [-0.15, -0.1) is 0 Å². The maximum atomic E-state index is 13.5. The molecule has 0 aliphatic carbocycles. The second-order valence-corrected chi connectivity index (χ2v) is 9.86. The smallest absolute Gasteiger partial charge is 0.267 e. The van der Waals surface area contributed by atoms with E-state index in [1.54, 1.807) is 23.2 Å². The van der Waals surface area contributed by atoms with Crippen molar-refractivity contribution in [1.82, 2.24) is 14.3 Å². The van der Waals surface area contributed by atoms with Crippen LogP contribution in [0.3, 0.4) is 0 Å². The highest BCUT2D eigenvalue weighted by molar-refractivity contribution is 8.26. The van der Waals surface area contributed by atoms with Crippen LogP contribution in [-0.2, 0) is 4.79 Å². The van der Waals surface area contributed by atoms with Crippen molar-refractivity contribution in [3.05, 3.63) is 80.6 Å². The average Bonchev–Trinajstić information content (AvgIpc) is 3.12. The highest BCUT2D eigenvalue weighted by Gasteiger charge is 2.35. The Kier molecular flexibility index (Phi) is 7.16. The number of amides is 1. The average molecular weight is 495 g/mol. The van der Waals surface area contributed by atoms with Crippen molar-refractivity contribution >= 4 is 51.7 Å². The lowest BCUT2D eigenvalue weighted by Gasteiger charge is -2.21. The van der Waals surface area contributed by atoms with Crippen LogP contribution >= 0.6 is 24.0 Å². The minimum Gasteiger partial charge on any atom is -0.387 e. The minimum atomic E-state index is -0.796. The molecule has 1 saturated heterocycles. The Hall–Kier alpha value is -3.01. The Morgan fingerprint density at radius 2 is 1.94 bits per heavy atom. The van der Waals surface area contributed by atoms with Gasteiger partial charge in [0.15, 0.2) is 0 Å². The Morgan fingerprint density at radius 1 is 1.21 bits per heavy atom. The van der Waals surface area contributed by atoms with Crippen LogP contribution in [0.5, 0.6) is 0 Å². The summed E-state index contributed by atoms with van der Waals surface area (Å²) in [5.41, 5.74) is 2.03. The first-order valence-electron chi connectivity index (χ1n) is 11.1. The monoisotopic (exact) mass is 494 g/mol. The minimum absolute atomic E-state index is 0.0320. The van der Waals surface area contributed by atoms with Crippen molar-refractivity contribution in [3.63, 3.8) is 0 Å². The van der Waals surface area contributed by atoms with E-state index in [4.69, 9.17) is 12.2 Å². The largest absolute Gasteiger partial charge is 0.387 e. The number of benzene rings is 1. The number of aromatic nitrogens is 2. The van der Waals surface area contributed by atoms with Gasteiger partial charge in [-0.3, -0.25) is 18.9 Å². The first-order valence-corrected chi connectivity index (χ1v) is 12.3. The molecule has 2 N–H and O–H groups in total. The summed E-state index contributed by atoms with van der Waals surface area (Å²) in [6.07, 6.45) is 3.18. The number of carbonyl (C=O) groups excluding carboxylic acids is 1. The molecule has 2 atom stereocenters. The van der Waals surface area contributed by atoms with Crippen molar-refractivity contribution in [1.29, 1.82) is 0 Å². The fourth-order valence-corrected chi connectivity index (χ4v) is 5.18. The van der Waals surface area contributed by atoms with Crippen LogP contribution in [0.4, 0.5) is 5.82 Å². The maximum Gasteiger partial charge on any atom is 0.267 e. The van der Waals surface area contributed by atoms with Gasteiger partial charge >= 0.3 is 0 Å². The first-order chi connectivity index (χ1) is 16.3. The summed E-state index contributed by atoms with van der Waals surface area (Å²) >= 11 is 6.62. The van der Waals surface area contributed by atoms with E-state index in [0.717, 1.165) is 17.5 Å². The predicted octanol–water partition coefficient (Wildman–Crippen LogP) is 4.15. The van der Waals surface area contributed by atoms with Gasteiger partial charge in [0.25, 0.3) is 11.5 Å². The van der Waals surface area contributed by atoms with E-state index in [0.29, 0.717) is 20.7 Å². The lowest BCUT2D eigenvalue weighted by Crippen LogP contribution is -2.36. The third-order valence-corrected chi connectivity index (χ3v) is 7.19. The summed E-state index contributed by atoms with van der Waals surface area (Å²) in [5, 5.41) is 13.8. The van der Waals surface area contributed by atoms with E-state index in [1.807, 2.05) is 57.2 Å². The number of aryl methyl sites for hydroxylation is 1. The molecule has 0 unspecified atom stereocenters. The molecule has 0 saturated carbocycles. The van der Waals surface area contributed by atoms with Crippen LogP contribution in [0.2, 0.25) is 0 Å². The van der Waals surface area contributed by atoms with Gasteiger partial charge in [-0.25, -0.2) is 4.98 Å². The Morgan fingerprint density at radius 3 is 2.65 bits per heavy atom. The zero-order chi connectivity index (χ0) is 24.4. The molecule has 7 nitrogen and oxygen atoms in total. The van der Waals surface area contributed by atoms with Crippen molar-refractivity contribution in [2.24, 2.45) is 0 Å². The van der Waals surface area contributed by atoms with Gasteiger partial charge in [-0.2, -0.15) is 0 Å². The molecule has 1 aliphatic rings. The molecule has 1 fully saturated rings. The van der Waals surface area contributed by atoms with Crippen LogP contribution < -0.4 is 10.9 Å². The number of hydrogen-bond acceptors (Lipinski definition) is 7. The molecule has 34 heavy (non-hydrogen) atoms. The zero-order valence-corrected chi connectivity index (χ0v) is 20.8. The molecule has 176 valence electrons. The molecule has 9 heteroatoms. The molecular formula is C25H26N4O3S2. The normalized spacial score (nSPS) is 16.9. The van der Waals surface area contributed by atoms with E-state index >= 15 is 0 Å². The molecule has 0 radical (unpaired) electrons. The van der Waals surface area contributed by atoms with Gasteiger partial charge < -0.3 is 10.4 Å². The van der Waals surface area contributed by atoms with Gasteiger partial charge in [-0.05, 0) is 43.5 Å². The highest BCUT2D eigenvalue weighted by atomic mass is 32.2. The molecule has 0 spiro atoms. The van der Waals surface area contributed by atoms with E-state index < -0.39 is 6.10 Å². The van der Waals surface area contributed by atoms with Crippen LogP contribution in [0.15, 0.2) is 58.4 Å². The third-order valence-electron chi connectivity index (χ3n) is 5.86. The number of nitrogens with one attached hydrogen (secondary N) is 1. The predicted molar refractivity (Wildman–Crippen MR) is 141 cm³/mol. The second-order valence-electron chi connectivity index (χ2n) is 8.18. The van der Waals surface area contributed by atoms with E-state index in [9.17, 15) is 14.7 Å². The highest BCUT2D eigenvalue weighted by Crippen LogP contribution is 2.35. The molecular weight excluding hydrogens is 468 g/mol. The van der Waals surface area contributed by atoms with Crippen LogP contribution in [0.1, 0.15) is 43.1 Å². The summed E-state index contributed by atoms with van der Waals surface area (Å²) in [6, 6.07) is 12.9. The molecule has 4 rings (SSSR count). The summed E-state index contributed by atoms with van der Waals surface area (Å²) in [6.45, 7) is 5.96. The summed E-state index contributed by atoms with van der Waals surface area (Å²) in [4.78, 5) is 33.2. The number of rotatable bonds is 7. The molecule has 1 amide bonds. The van der Waals surface area contributed by atoms with Gasteiger partial charge in [-0.1, -0.05) is 67.3 Å². The number of carbonyl (C=O) groups is 1. The number of fused-ring (bicyclic) bond motifs is 1.